The Bertz CT molecular complexity index is 467. The summed E-state index contributed by atoms with van der Waals surface area (Å²) in [5.41, 5.74) is 2.57. The van der Waals surface area contributed by atoms with Crippen LogP contribution in [0.3, 0.4) is 0 Å². The average molecular weight is 424 g/mol. The van der Waals surface area contributed by atoms with Gasteiger partial charge in [-0.05, 0) is 0 Å². The molecule has 0 atom stereocenters. The van der Waals surface area contributed by atoms with E-state index in [1.54, 1.807) is 3.71 Å². The van der Waals surface area contributed by atoms with Crippen molar-refractivity contribution in [3.63, 3.8) is 0 Å². The Morgan fingerprint density at radius 1 is 0.870 bits per heavy atom. The summed E-state index contributed by atoms with van der Waals surface area (Å²) < 4.78 is 11.7. The molecule has 0 saturated carbocycles. The van der Waals surface area contributed by atoms with Gasteiger partial charge in [0.15, 0.2) is 0 Å². The van der Waals surface area contributed by atoms with Gasteiger partial charge in [-0.3, -0.25) is 0 Å². The fourth-order valence-electron chi connectivity index (χ4n) is 3.84. The van der Waals surface area contributed by atoms with Gasteiger partial charge in [0, 0.05) is 0 Å². The molecule has 0 spiro atoms. The van der Waals surface area contributed by atoms with Crippen LogP contribution in [0.2, 0.25) is 13.3 Å². The Morgan fingerprint density at radius 3 is 2.17 bits per heavy atom. The van der Waals surface area contributed by atoms with Gasteiger partial charge in [-0.1, -0.05) is 0 Å². The Kier molecular flexibility index (Phi) is 8.39. The normalized spacial score (nSPS) is 14.2. The van der Waals surface area contributed by atoms with Crippen molar-refractivity contribution in [3.8, 4) is 0 Å². The van der Waals surface area contributed by atoms with E-state index in [1.165, 1.54) is 69.5 Å². The number of pyridine rings is 1. The molecule has 0 unspecified atom stereocenters. The summed E-state index contributed by atoms with van der Waals surface area (Å²) in [6, 6.07) is 4.73. The first-order chi connectivity index (χ1) is 11.3. The fraction of sp³-hybridized carbons (Fsp3) is 0.750. The molecule has 1 aromatic rings. The molecule has 1 aliphatic rings. The molecule has 0 amide bonds. The number of aromatic nitrogens is 1. The van der Waals surface area contributed by atoms with Crippen LogP contribution >= 0.6 is 0 Å². The second-order valence-corrected chi connectivity index (χ2v) is 20.3. The number of hydrogen-bond acceptors (Lipinski definition) is 2. The molecule has 0 saturated heterocycles. The van der Waals surface area contributed by atoms with Gasteiger partial charge >= 0.3 is 147 Å². The zero-order chi connectivity index (χ0) is 16.5. The number of hydrogen-bond donors (Lipinski definition) is 0. The first-order valence-electron chi connectivity index (χ1n) is 9.82. The Hall–Kier alpha value is -0.0913. The zero-order valence-electron chi connectivity index (χ0n) is 15.5. The van der Waals surface area contributed by atoms with Crippen LogP contribution in [0.1, 0.15) is 77.0 Å². The standard InChI is InChI=1S/C7H6NO.C5H11.2C4H9.Sn/c1-2-6-4-9-5-7(6)8-3-1;1-3-5-4-2;2*1-3-4-2;/h1-2H,4-5H2;1,3-5H2,2H3;2*1,3-4H2,2H3;. The van der Waals surface area contributed by atoms with Gasteiger partial charge in [0.2, 0.25) is 0 Å². The summed E-state index contributed by atoms with van der Waals surface area (Å²) in [6.45, 7) is 8.51. The second-order valence-electron chi connectivity index (χ2n) is 7.24. The van der Waals surface area contributed by atoms with Gasteiger partial charge in [0.1, 0.15) is 0 Å². The summed E-state index contributed by atoms with van der Waals surface area (Å²) >= 11 is -2.36. The Balaban J connectivity index is 2.27. The zero-order valence-corrected chi connectivity index (χ0v) is 18.3. The van der Waals surface area contributed by atoms with E-state index < -0.39 is 18.4 Å². The van der Waals surface area contributed by atoms with Crippen molar-refractivity contribution >= 4 is 22.1 Å². The minimum atomic E-state index is -2.36. The molecule has 0 radical (unpaired) electrons. The van der Waals surface area contributed by atoms with Gasteiger partial charge in [-0.2, -0.15) is 0 Å². The van der Waals surface area contributed by atoms with Crippen molar-refractivity contribution in [3.05, 3.63) is 23.4 Å². The number of rotatable bonds is 11. The van der Waals surface area contributed by atoms with Crippen molar-refractivity contribution in [2.45, 2.75) is 92.2 Å². The Morgan fingerprint density at radius 2 is 1.52 bits per heavy atom. The van der Waals surface area contributed by atoms with E-state index in [4.69, 9.17) is 9.72 Å². The van der Waals surface area contributed by atoms with Crippen LogP contribution in [0.5, 0.6) is 0 Å². The third-order valence-corrected chi connectivity index (χ3v) is 20.5. The third-order valence-electron chi connectivity index (χ3n) is 5.38. The first-order valence-corrected chi connectivity index (χ1v) is 17.3. The first kappa shape index (κ1) is 19.2. The molecule has 2 heterocycles. The molecule has 1 aromatic heterocycles. The van der Waals surface area contributed by atoms with E-state index in [9.17, 15) is 0 Å². The quantitative estimate of drug-likeness (QED) is 0.343. The fourth-order valence-corrected chi connectivity index (χ4v) is 19.0. The number of ether oxygens (including phenoxy) is 1. The van der Waals surface area contributed by atoms with Crippen molar-refractivity contribution < 1.29 is 4.74 Å². The molecule has 3 heteroatoms. The molecule has 0 aliphatic carbocycles. The molecular formula is C20H35NOSn. The summed E-state index contributed by atoms with van der Waals surface area (Å²) in [5.74, 6) is 0. The summed E-state index contributed by atoms with van der Waals surface area (Å²) in [5, 5.41) is 0. The van der Waals surface area contributed by atoms with Crippen LogP contribution in [0.4, 0.5) is 0 Å². The van der Waals surface area contributed by atoms with Crippen LogP contribution in [0.15, 0.2) is 12.1 Å². The van der Waals surface area contributed by atoms with Crippen molar-refractivity contribution in [2.24, 2.45) is 0 Å². The van der Waals surface area contributed by atoms with Crippen molar-refractivity contribution in [1.29, 1.82) is 0 Å². The molecule has 2 rings (SSSR count). The maximum atomic E-state index is 5.60. The van der Waals surface area contributed by atoms with E-state index in [2.05, 4.69) is 32.9 Å². The summed E-state index contributed by atoms with van der Waals surface area (Å²) in [4.78, 5) is 5.18. The summed E-state index contributed by atoms with van der Waals surface area (Å²) in [6.07, 6.45) is 9.61. The molecule has 1 aliphatic heterocycles. The van der Waals surface area contributed by atoms with Gasteiger partial charge in [0.25, 0.3) is 0 Å². The molecule has 0 aromatic carbocycles. The maximum absolute atomic E-state index is 5.60. The van der Waals surface area contributed by atoms with Gasteiger partial charge in [-0.15, -0.1) is 0 Å². The molecule has 0 N–H and O–H groups in total. The van der Waals surface area contributed by atoms with E-state index in [0.717, 1.165) is 13.2 Å². The van der Waals surface area contributed by atoms with Crippen LogP contribution in [-0.2, 0) is 18.0 Å². The van der Waals surface area contributed by atoms with Gasteiger partial charge < -0.3 is 0 Å². The van der Waals surface area contributed by atoms with Crippen molar-refractivity contribution in [2.75, 3.05) is 0 Å². The monoisotopic (exact) mass is 425 g/mol. The van der Waals surface area contributed by atoms with E-state index in [1.807, 2.05) is 0 Å². The van der Waals surface area contributed by atoms with E-state index in [-0.39, 0.29) is 0 Å². The molecule has 0 fully saturated rings. The average Bonchev–Trinajstić information content (AvgIpc) is 3.05. The molecular weight excluding hydrogens is 389 g/mol. The topological polar surface area (TPSA) is 22.1 Å². The molecule has 2 nitrogen and oxygen atoms in total. The molecule has 23 heavy (non-hydrogen) atoms. The van der Waals surface area contributed by atoms with Crippen molar-refractivity contribution in [1.82, 2.24) is 4.98 Å². The third kappa shape index (κ3) is 5.19. The van der Waals surface area contributed by atoms with Crippen LogP contribution in [-0.4, -0.2) is 23.4 Å². The van der Waals surface area contributed by atoms with Crippen LogP contribution in [0.25, 0.3) is 0 Å². The minimum absolute atomic E-state index is 0.738. The van der Waals surface area contributed by atoms with Crippen LogP contribution in [0, 0.1) is 0 Å². The second kappa shape index (κ2) is 10.0. The Labute approximate surface area is 147 Å². The van der Waals surface area contributed by atoms with E-state index >= 15 is 0 Å². The number of unbranched alkanes of at least 4 members (excludes halogenated alkanes) is 4. The SMILES string of the molecule is CCCC[CH2][Sn]([CH2]CCC)([CH2]CCC)[c]1ccc2c(n1)COC2. The summed E-state index contributed by atoms with van der Waals surface area (Å²) in [7, 11) is 0. The van der Waals surface area contributed by atoms with Gasteiger partial charge in [-0.25, -0.2) is 0 Å². The van der Waals surface area contributed by atoms with Crippen LogP contribution < -0.4 is 3.71 Å². The predicted octanol–water partition coefficient (Wildman–Crippen LogP) is 5.56. The number of nitrogens with zero attached hydrogens (tertiary/aromatic N) is 1. The predicted molar refractivity (Wildman–Crippen MR) is 102 cm³/mol. The van der Waals surface area contributed by atoms with E-state index in [0.29, 0.717) is 0 Å². The molecule has 0 bridgehead atoms. The number of fused-ring (bicyclic) bond motifs is 1. The molecule has 130 valence electrons. The van der Waals surface area contributed by atoms with Gasteiger partial charge in [0.05, 0.1) is 0 Å².